The Labute approximate surface area is 158 Å². The van der Waals surface area contributed by atoms with Gasteiger partial charge in [0.05, 0.1) is 15.1 Å². The van der Waals surface area contributed by atoms with Crippen molar-refractivity contribution in [2.24, 2.45) is 0 Å². The molecule has 0 aliphatic carbocycles. The zero-order chi connectivity index (χ0) is 18.1. The van der Waals surface area contributed by atoms with Crippen LogP contribution in [0.5, 0.6) is 0 Å². The summed E-state index contributed by atoms with van der Waals surface area (Å²) in [6.07, 6.45) is 0. The fourth-order valence-electron chi connectivity index (χ4n) is 2.00. The van der Waals surface area contributed by atoms with Gasteiger partial charge in [0.1, 0.15) is 0 Å². The molecule has 1 aromatic carbocycles. The van der Waals surface area contributed by atoms with E-state index in [4.69, 9.17) is 34.8 Å². The second-order valence-corrected chi connectivity index (χ2v) is 9.94. The van der Waals surface area contributed by atoms with Gasteiger partial charge in [0.2, 0.25) is 10.0 Å². The van der Waals surface area contributed by atoms with Crippen molar-refractivity contribution >= 4 is 77.4 Å². The number of hydrogen-bond donors (Lipinski definition) is 1. The highest BCUT2D eigenvalue weighted by Crippen LogP contribution is 2.32. The van der Waals surface area contributed by atoms with Crippen molar-refractivity contribution in [3.63, 3.8) is 0 Å². The molecule has 0 atom stereocenters. The second kappa shape index (κ2) is 7.31. The molecule has 0 unspecified atom stereocenters. The smallest absolute Gasteiger partial charge is 0.278 e. The van der Waals surface area contributed by atoms with Crippen molar-refractivity contribution in [3.8, 4) is 0 Å². The van der Waals surface area contributed by atoms with Gasteiger partial charge in [-0.2, -0.15) is 4.31 Å². The maximum atomic E-state index is 12.5. The SMILES string of the molecule is CCN(CC)S(=O)(=O)c1ccc2nc(NC(=O)C(Cl)(Cl)Cl)sc2c1. The van der Waals surface area contributed by atoms with Crippen LogP contribution in [0.25, 0.3) is 10.2 Å². The summed E-state index contributed by atoms with van der Waals surface area (Å²) in [7, 11) is -3.57. The number of carbonyl (C=O) groups excluding carboxylic acids is 1. The standard InChI is InChI=1S/C13H14Cl3N3O3S2/c1-3-19(4-2)24(21,22)8-5-6-9-10(7-8)23-12(17-9)18-11(20)13(14,15)16/h5-7H,3-4H2,1-2H3,(H,17,18,20). The molecule has 0 saturated carbocycles. The van der Waals surface area contributed by atoms with Crippen molar-refractivity contribution < 1.29 is 13.2 Å². The molecule has 1 aromatic heterocycles. The zero-order valence-corrected chi connectivity index (χ0v) is 16.6. The normalized spacial score (nSPS) is 12.8. The molecule has 11 heteroatoms. The Morgan fingerprint density at radius 1 is 1.29 bits per heavy atom. The van der Waals surface area contributed by atoms with Crippen LogP contribution in [-0.4, -0.2) is 40.5 Å². The van der Waals surface area contributed by atoms with Crippen LogP contribution in [0.2, 0.25) is 0 Å². The quantitative estimate of drug-likeness (QED) is 0.735. The lowest BCUT2D eigenvalue weighted by Crippen LogP contribution is -2.30. The van der Waals surface area contributed by atoms with E-state index in [0.717, 1.165) is 11.3 Å². The molecular formula is C13H14Cl3N3O3S2. The van der Waals surface area contributed by atoms with Gasteiger partial charge in [0.25, 0.3) is 9.70 Å². The summed E-state index contributed by atoms with van der Waals surface area (Å²) >= 11 is 17.6. The van der Waals surface area contributed by atoms with Gasteiger partial charge in [-0.3, -0.25) is 10.1 Å². The first-order chi connectivity index (χ1) is 11.1. The summed E-state index contributed by atoms with van der Waals surface area (Å²) in [6.45, 7) is 4.31. The summed E-state index contributed by atoms with van der Waals surface area (Å²) in [5.41, 5.74) is 0.540. The highest BCUT2D eigenvalue weighted by molar-refractivity contribution is 7.89. The first-order valence-corrected chi connectivity index (χ1v) is 10.3. The highest BCUT2D eigenvalue weighted by atomic mass is 35.6. The van der Waals surface area contributed by atoms with Crippen LogP contribution in [0.3, 0.4) is 0 Å². The lowest BCUT2D eigenvalue weighted by molar-refractivity contribution is -0.115. The summed E-state index contributed by atoms with van der Waals surface area (Å²) in [6, 6.07) is 4.58. The van der Waals surface area contributed by atoms with E-state index in [9.17, 15) is 13.2 Å². The molecule has 132 valence electrons. The molecule has 1 amide bonds. The zero-order valence-electron chi connectivity index (χ0n) is 12.7. The fraction of sp³-hybridized carbons (Fsp3) is 0.385. The Balaban J connectivity index is 2.38. The van der Waals surface area contributed by atoms with Crippen molar-refractivity contribution in [2.45, 2.75) is 22.5 Å². The Kier molecular flexibility index (Phi) is 5.99. The van der Waals surface area contributed by atoms with Crippen molar-refractivity contribution in [1.29, 1.82) is 0 Å². The number of anilines is 1. The number of carbonyl (C=O) groups is 1. The first kappa shape index (κ1) is 19.7. The second-order valence-electron chi connectivity index (χ2n) is 4.69. The lowest BCUT2D eigenvalue weighted by Gasteiger charge is -2.18. The molecule has 24 heavy (non-hydrogen) atoms. The molecule has 0 bridgehead atoms. The van der Waals surface area contributed by atoms with Gasteiger partial charge in [0.15, 0.2) is 5.13 Å². The molecule has 0 radical (unpaired) electrons. The third kappa shape index (κ3) is 4.12. The van der Waals surface area contributed by atoms with Gasteiger partial charge in [-0.1, -0.05) is 60.0 Å². The molecule has 1 heterocycles. The van der Waals surface area contributed by atoms with E-state index in [2.05, 4.69) is 10.3 Å². The third-order valence-corrected chi connectivity index (χ3v) is 6.68. The lowest BCUT2D eigenvalue weighted by atomic mass is 10.3. The minimum atomic E-state index is -3.57. The number of benzene rings is 1. The molecular weight excluding hydrogens is 417 g/mol. The minimum Gasteiger partial charge on any atom is -0.298 e. The predicted octanol–water partition coefficient (Wildman–Crippen LogP) is 3.64. The monoisotopic (exact) mass is 429 g/mol. The van der Waals surface area contributed by atoms with Crippen LogP contribution in [0.1, 0.15) is 13.8 Å². The maximum absolute atomic E-state index is 12.5. The number of alkyl halides is 3. The van der Waals surface area contributed by atoms with Crippen LogP contribution in [-0.2, 0) is 14.8 Å². The number of sulfonamides is 1. The first-order valence-electron chi connectivity index (χ1n) is 6.88. The molecule has 0 aliphatic heterocycles. The number of fused-ring (bicyclic) bond motifs is 1. The summed E-state index contributed by atoms with van der Waals surface area (Å²) < 4.78 is 24.9. The maximum Gasteiger partial charge on any atom is 0.278 e. The van der Waals surface area contributed by atoms with Crippen LogP contribution in [0, 0.1) is 0 Å². The average molecular weight is 431 g/mol. The van der Waals surface area contributed by atoms with E-state index < -0.39 is 19.7 Å². The number of aromatic nitrogens is 1. The topological polar surface area (TPSA) is 79.4 Å². The van der Waals surface area contributed by atoms with E-state index >= 15 is 0 Å². The summed E-state index contributed by atoms with van der Waals surface area (Å²) in [4.78, 5) is 16.0. The molecule has 2 aromatic rings. The van der Waals surface area contributed by atoms with E-state index in [1.54, 1.807) is 19.9 Å². The third-order valence-electron chi connectivity index (χ3n) is 3.18. The highest BCUT2D eigenvalue weighted by Gasteiger charge is 2.31. The number of halogens is 3. The van der Waals surface area contributed by atoms with Crippen LogP contribution in [0.4, 0.5) is 5.13 Å². The number of nitrogens with one attached hydrogen (secondary N) is 1. The van der Waals surface area contributed by atoms with E-state index in [0.29, 0.717) is 23.3 Å². The Hall–Kier alpha value is -0.640. The van der Waals surface area contributed by atoms with Gasteiger partial charge in [-0.15, -0.1) is 0 Å². The largest absolute Gasteiger partial charge is 0.298 e. The van der Waals surface area contributed by atoms with E-state index in [1.807, 2.05) is 0 Å². The van der Waals surface area contributed by atoms with Gasteiger partial charge in [-0.25, -0.2) is 13.4 Å². The molecule has 1 N–H and O–H groups in total. The number of amides is 1. The van der Waals surface area contributed by atoms with Gasteiger partial charge >= 0.3 is 0 Å². The Morgan fingerprint density at radius 3 is 2.46 bits per heavy atom. The molecule has 0 fully saturated rings. The van der Waals surface area contributed by atoms with Crippen LogP contribution < -0.4 is 5.32 Å². The van der Waals surface area contributed by atoms with Crippen LogP contribution in [0.15, 0.2) is 23.1 Å². The molecule has 2 rings (SSSR count). The Morgan fingerprint density at radius 2 is 1.92 bits per heavy atom. The minimum absolute atomic E-state index is 0.168. The van der Waals surface area contributed by atoms with Crippen LogP contribution >= 0.6 is 46.1 Å². The van der Waals surface area contributed by atoms with Crippen molar-refractivity contribution in [1.82, 2.24) is 9.29 Å². The predicted molar refractivity (Wildman–Crippen MR) is 98.6 cm³/mol. The average Bonchev–Trinajstić information content (AvgIpc) is 2.88. The summed E-state index contributed by atoms with van der Waals surface area (Å²) in [5, 5.41) is 2.61. The Bertz CT molecular complexity index is 858. The van der Waals surface area contributed by atoms with Gasteiger partial charge < -0.3 is 0 Å². The van der Waals surface area contributed by atoms with E-state index in [1.165, 1.54) is 16.4 Å². The van der Waals surface area contributed by atoms with E-state index in [-0.39, 0.29) is 10.0 Å². The number of thiazole rings is 1. The van der Waals surface area contributed by atoms with Crippen molar-refractivity contribution in [2.75, 3.05) is 18.4 Å². The molecule has 6 nitrogen and oxygen atoms in total. The summed E-state index contributed by atoms with van der Waals surface area (Å²) in [5.74, 6) is -0.831. The molecule has 0 saturated heterocycles. The molecule has 0 spiro atoms. The van der Waals surface area contributed by atoms with Gasteiger partial charge in [-0.05, 0) is 18.2 Å². The fourth-order valence-corrected chi connectivity index (χ4v) is 4.60. The number of hydrogen-bond acceptors (Lipinski definition) is 5. The van der Waals surface area contributed by atoms with Gasteiger partial charge in [0, 0.05) is 13.1 Å². The van der Waals surface area contributed by atoms with Crippen molar-refractivity contribution in [3.05, 3.63) is 18.2 Å². The molecule has 0 aliphatic rings. The number of rotatable bonds is 5. The number of nitrogens with zero attached hydrogens (tertiary/aromatic N) is 2.